The molecule has 0 saturated carbocycles. The summed E-state index contributed by atoms with van der Waals surface area (Å²) in [5.74, 6) is 2.41. The topological polar surface area (TPSA) is 51.1 Å². The molecule has 2 aromatic heterocycles. The number of thiazole rings is 1. The lowest BCUT2D eigenvalue weighted by molar-refractivity contribution is 0.227. The van der Waals surface area contributed by atoms with Crippen LogP contribution in [0.4, 0.5) is 5.82 Å². The number of hydrogen-bond donors (Lipinski definition) is 0. The zero-order chi connectivity index (χ0) is 14.7. The van der Waals surface area contributed by atoms with Gasteiger partial charge in [0.25, 0.3) is 5.19 Å². The van der Waals surface area contributed by atoms with E-state index in [2.05, 4.69) is 25.9 Å². The maximum Gasteiger partial charge on any atom is 0.273 e. The molecule has 21 heavy (non-hydrogen) atoms. The predicted molar refractivity (Wildman–Crippen MR) is 84.1 cm³/mol. The highest BCUT2D eigenvalue weighted by atomic mass is 32.1. The lowest BCUT2D eigenvalue weighted by Crippen LogP contribution is -2.38. The summed E-state index contributed by atoms with van der Waals surface area (Å²) < 4.78 is 5.77. The highest BCUT2D eigenvalue weighted by molar-refractivity contribution is 7.11. The lowest BCUT2D eigenvalue weighted by Gasteiger charge is -2.33. The van der Waals surface area contributed by atoms with Gasteiger partial charge < -0.3 is 9.64 Å². The van der Waals surface area contributed by atoms with E-state index in [4.69, 9.17) is 4.74 Å². The summed E-state index contributed by atoms with van der Waals surface area (Å²) in [6, 6.07) is 2.07. The Morgan fingerprint density at radius 1 is 1.38 bits per heavy atom. The van der Waals surface area contributed by atoms with Crippen molar-refractivity contribution in [1.29, 1.82) is 0 Å². The van der Waals surface area contributed by atoms with Crippen molar-refractivity contribution in [1.82, 2.24) is 15.0 Å². The molecule has 0 aromatic carbocycles. The standard InChI is InChI=1S/C15H20N4OS/c1-11-8-14(18-12(2)17-11)19-6-3-4-13(9-19)10-20-15-16-5-7-21-15/h5,7-8,13H,3-4,6,9-10H2,1-2H3. The fraction of sp³-hybridized carbons (Fsp3) is 0.533. The van der Waals surface area contributed by atoms with Crippen LogP contribution in [0.1, 0.15) is 24.4 Å². The maximum atomic E-state index is 5.77. The van der Waals surface area contributed by atoms with E-state index in [0.29, 0.717) is 5.92 Å². The van der Waals surface area contributed by atoms with Crippen molar-refractivity contribution in [2.75, 3.05) is 24.6 Å². The minimum Gasteiger partial charge on any atom is -0.470 e. The average molecular weight is 304 g/mol. The first kappa shape index (κ1) is 14.3. The maximum absolute atomic E-state index is 5.77. The smallest absolute Gasteiger partial charge is 0.273 e. The third kappa shape index (κ3) is 3.69. The number of rotatable bonds is 4. The minimum atomic E-state index is 0.526. The van der Waals surface area contributed by atoms with Gasteiger partial charge in [-0.1, -0.05) is 11.3 Å². The summed E-state index contributed by atoms with van der Waals surface area (Å²) in [6.45, 7) is 6.74. The summed E-state index contributed by atoms with van der Waals surface area (Å²) >= 11 is 1.55. The molecule has 112 valence electrons. The summed E-state index contributed by atoms with van der Waals surface area (Å²) in [6.07, 6.45) is 4.15. The van der Waals surface area contributed by atoms with Crippen LogP contribution < -0.4 is 9.64 Å². The van der Waals surface area contributed by atoms with Crippen molar-refractivity contribution in [2.45, 2.75) is 26.7 Å². The van der Waals surface area contributed by atoms with Crippen LogP contribution in [-0.4, -0.2) is 34.6 Å². The van der Waals surface area contributed by atoms with Crippen LogP contribution in [0.25, 0.3) is 0 Å². The van der Waals surface area contributed by atoms with E-state index >= 15 is 0 Å². The van der Waals surface area contributed by atoms with Crippen molar-refractivity contribution in [3.63, 3.8) is 0 Å². The van der Waals surface area contributed by atoms with Gasteiger partial charge in [-0.05, 0) is 26.7 Å². The zero-order valence-electron chi connectivity index (χ0n) is 12.5. The molecule has 0 N–H and O–H groups in total. The number of nitrogens with zero attached hydrogens (tertiary/aromatic N) is 4. The van der Waals surface area contributed by atoms with Crippen LogP contribution in [0.5, 0.6) is 5.19 Å². The second-order valence-corrected chi connectivity index (χ2v) is 6.34. The van der Waals surface area contributed by atoms with Gasteiger partial charge in [0.2, 0.25) is 0 Å². The molecule has 0 bridgehead atoms. The van der Waals surface area contributed by atoms with Crippen molar-refractivity contribution in [2.24, 2.45) is 5.92 Å². The Hall–Kier alpha value is -1.69. The highest BCUT2D eigenvalue weighted by Crippen LogP contribution is 2.23. The summed E-state index contributed by atoms with van der Waals surface area (Å²) in [5.41, 5.74) is 1.03. The van der Waals surface area contributed by atoms with Crippen molar-refractivity contribution in [3.05, 3.63) is 29.2 Å². The molecule has 1 aliphatic rings. The van der Waals surface area contributed by atoms with E-state index in [-0.39, 0.29) is 0 Å². The number of ether oxygens (including phenoxy) is 1. The molecule has 2 aromatic rings. The Bertz CT molecular complexity index is 567. The second kappa shape index (κ2) is 6.39. The summed E-state index contributed by atoms with van der Waals surface area (Å²) in [4.78, 5) is 15.4. The Kier molecular flexibility index (Phi) is 4.34. The van der Waals surface area contributed by atoms with Crippen LogP contribution in [0.2, 0.25) is 0 Å². The summed E-state index contributed by atoms with van der Waals surface area (Å²) in [7, 11) is 0. The van der Waals surface area contributed by atoms with E-state index in [1.165, 1.54) is 12.8 Å². The highest BCUT2D eigenvalue weighted by Gasteiger charge is 2.22. The molecule has 1 aliphatic heterocycles. The molecule has 3 heterocycles. The number of aryl methyl sites for hydroxylation is 2. The van der Waals surface area contributed by atoms with Crippen LogP contribution in [0.3, 0.4) is 0 Å². The van der Waals surface area contributed by atoms with Crippen LogP contribution >= 0.6 is 11.3 Å². The number of piperidine rings is 1. The molecule has 1 saturated heterocycles. The second-order valence-electron chi connectivity index (χ2n) is 5.48. The Balaban J connectivity index is 1.62. The van der Waals surface area contributed by atoms with E-state index in [9.17, 15) is 0 Å². The summed E-state index contributed by atoms with van der Waals surface area (Å²) in [5, 5.41) is 2.70. The Morgan fingerprint density at radius 2 is 2.29 bits per heavy atom. The Morgan fingerprint density at radius 3 is 3.05 bits per heavy atom. The SMILES string of the molecule is Cc1cc(N2CCCC(COc3nccs3)C2)nc(C)n1. The molecule has 0 radical (unpaired) electrons. The van der Waals surface area contributed by atoms with E-state index in [1.807, 2.05) is 19.2 Å². The van der Waals surface area contributed by atoms with Gasteiger partial charge >= 0.3 is 0 Å². The molecule has 5 nitrogen and oxygen atoms in total. The molecule has 0 aliphatic carbocycles. The monoisotopic (exact) mass is 304 g/mol. The van der Waals surface area contributed by atoms with Crippen LogP contribution in [0, 0.1) is 19.8 Å². The third-order valence-electron chi connectivity index (χ3n) is 3.65. The third-order valence-corrected chi connectivity index (χ3v) is 4.33. The number of anilines is 1. The first-order valence-corrected chi connectivity index (χ1v) is 8.18. The van der Waals surface area contributed by atoms with Gasteiger partial charge in [0.1, 0.15) is 11.6 Å². The largest absolute Gasteiger partial charge is 0.470 e. The molecule has 1 fully saturated rings. The molecular formula is C15H20N4OS. The van der Waals surface area contributed by atoms with Crippen molar-refractivity contribution >= 4 is 17.2 Å². The Labute approximate surface area is 129 Å². The molecule has 0 amide bonds. The van der Waals surface area contributed by atoms with Gasteiger partial charge in [0.15, 0.2) is 0 Å². The van der Waals surface area contributed by atoms with E-state index in [1.54, 1.807) is 17.5 Å². The molecule has 0 spiro atoms. The van der Waals surface area contributed by atoms with Gasteiger partial charge in [0.05, 0.1) is 6.61 Å². The van der Waals surface area contributed by atoms with E-state index in [0.717, 1.165) is 42.2 Å². The normalized spacial score (nSPS) is 18.8. The molecule has 6 heteroatoms. The van der Waals surface area contributed by atoms with Crippen molar-refractivity contribution in [3.8, 4) is 5.19 Å². The van der Waals surface area contributed by atoms with Crippen molar-refractivity contribution < 1.29 is 4.74 Å². The quantitative estimate of drug-likeness (QED) is 0.869. The van der Waals surface area contributed by atoms with Gasteiger partial charge in [-0.25, -0.2) is 15.0 Å². The first-order valence-electron chi connectivity index (χ1n) is 7.30. The molecule has 3 rings (SSSR count). The van der Waals surface area contributed by atoms with Gasteiger partial charge in [-0.2, -0.15) is 0 Å². The van der Waals surface area contributed by atoms with Crippen LogP contribution in [-0.2, 0) is 0 Å². The zero-order valence-corrected chi connectivity index (χ0v) is 13.3. The molecular weight excluding hydrogens is 284 g/mol. The minimum absolute atomic E-state index is 0.526. The van der Waals surface area contributed by atoms with Gasteiger partial charge in [-0.3, -0.25) is 0 Å². The van der Waals surface area contributed by atoms with Crippen LogP contribution in [0.15, 0.2) is 17.6 Å². The van der Waals surface area contributed by atoms with Gasteiger partial charge in [0, 0.05) is 42.3 Å². The predicted octanol–water partition coefficient (Wildman–Crippen LogP) is 2.85. The molecule has 1 atom stereocenters. The fourth-order valence-electron chi connectivity index (χ4n) is 2.74. The first-order chi connectivity index (χ1) is 10.2. The van der Waals surface area contributed by atoms with E-state index < -0.39 is 0 Å². The van der Waals surface area contributed by atoms with Gasteiger partial charge in [-0.15, -0.1) is 0 Å². The number of aromatic nitrogens is 3. The molecule has 1 unspecified atom stereocenters. The number of hydrogen-bond acceptors (Lipinski definition) is 6. The average Bonchev–Trinajstić information content (AvgIpc) is 2.98. The fourth-order valence-corrected chi connectivity index (χ4v) is 3.24. The lowest BCUT2D eigenvalue weighted by atomic mass is 9.99.